The van der Waals surface area contributed by atoms with E-state index in [2.05, 4.69) is 21.7 Å². The van der Waals surface area contributed by atoms with E-state index in [1.165, 1.54) is 31.2 Å². The Labute approximate surface area is 125 Å². The van der Waals surface area contributed by atoms with Crippen LogP contribution in [-0.4, -0.2) is 23.4 Å². The summed E-state index contributed by atoms with van der Waals surface area (Å²) in [7, 11) is 0. The van der Waals surface area contributed by atoms with E-state index in [1.807, 2.05) is 0 Å². The van der Waals surface area contributed by atoms with Gasteiger partial charge in [0.1, 0.15) is 0 Å². The number of hydrogen-bond acceptors (Lipinski definition) is 3. The SMILES string of the molecule is NCC1CCCCC1C(=O)N(Cc1ccsc1)C1CC1. The minimum atomic E-state index is 0.174. The summed E-state index contributed by atoms with van der Waals surface area (Å²) in [6, 6.07) is 2.62. The molecule has 20 heavy (non-hydrogen) atoms. The van der Waals surface area contributed by atoms with Gasteiger partial charge in [-0.1, -0.05) is 12.8 Å². The number of nitrogens with two attached hydrogens (primary N) is 1. The van der Waals surface area contributed by atoms with Crippen molar-refractivity contribution in [3.63, 3.8) is 0 Å². The van der Waals surface area contributed by atoms with Gasteiger partial charge in [-0.25, -0.2) is 0 Å². The summed E-state index contributed by atoms with van der Waals surface area (Å²) in [5, 5.41) is 4.25. The van der Waals surface area contributed by atoms with Gasteiger partial charge in [-0.2, -0.15) is 11.3 Å². The summed E-state index contributed by atoms with van der Waals surface area (Å²) in [5.74, 6) is 0.946. The Bertz CT molecular complexity index is 441. The number of thiophene rings is 1. The maximum atomic E-state index is 12.9. The predicted octanol–water partition coefficient (Wildman–Crippen LogP) is 3.00. The van der Waals surface area contributed by atoms with Crippen LogP contribution in [0.15, 0.2) is 16.8 Å². The maximum absolute atomic E-state index is 12.9. The highest BCUT2D eigenvalue weighted by Crippen LogP contribution is 2.35. The van der Waals surface area contributed by atoms with Crippen LogP contribution in [0.25, 0.3) is 0 Å². The fourth-order valence-corrected chi connectivity index (χ4v) is 4.04. The summed E-state index contributed by atoms with van der Waals surface area (Å²) in [6.45, 7) is 1.45. The first-order chi connectivity index (χ1) is 9.79. The highest BCUT2D eigenvalue weighted by molar-refractivity contribution is 7.07. The summed E-state index contributed by atoms with van der Waals surface area (Å²) >= 11 is 1.71. The number of carbonyl (C=O) groups excluding carboxylic acids is 1. The second-order valence-corrected chi connectivity index (χ2v) is 7.00. The molecule has 0 aromatic carbocycles. The van der Waals surface area contributed by atoms with Crippen molar-refractivity contribution in [1.82, 2.24) is 4.90 Å². The molecule has 3 nitrogen and oxygen atoms in total. The van der Waals surface area contributed by atoms with E-state index in [0.717, 1.165) is 19.4 Å². The molecule has 2 aliphatic carbocycles. The Kier molecular flexibility index (Phi) is 4.41. The van der Waals surface area contributed by atoms with E-state index >= 15 is 0 Å². The van der Waals surface area contributed by atoms with E-state index < -0.39 is 0 Å². The summed E-state index contributed by atoms with van der Waals surface area (Å²) < 4.78 is 0. The Balaban J connectivity index is 1.71. The lowest BCUT2D eigenvalue weighted by atomic mass is 9.78. The number of carbonyl (C=O) groups is 1. The molecule has 2 unspecified atom stereocenters. The third kappa shape index (κ3) is 3.07. The number of hydrogen-bond donors (Lipinski definition) is 1. The lowest BCUT2D eigenvalue weighted by molar-refractivity contribution is -0.139. The summed E-state index contributed by atoms with van der Waals surface area (Å²) in [4.78, 5) is 15.1. The van der Waals surface area contributed by atoms with E-state index in [-0.39, 0.29) is 5.92 Å². The van der Waals surface area contributed by atoms with Crippen LogP contribution in [0, 0.1) is 11.8 Å². The minimum absolute atomic E-state index is 0.174. The number of nitrogens with zero attached hydrogens (tertiary/aromatic N) is 1. The Morgan fingerprint density at radius 2 is 2.10 bits per heavy atom. The molecule has 0 bridgehead atoms. The molecule has 1 aromatic rings. The van der Waals surface area contributed by atoms with Crippen LogP contribution in [0.1, 0.15) is 44.1 Å². The fourth-order valence-electron chi connectivity index (χ4n) is 3.38. The molecule has 1 aromatic heterocycles. The van der Waals surface area contributed by atoms with Crippen molar-refractivity contribution >= 4 is 17.2 Å². The molecule has 1 amide bonds. The molecule has 2 aliphatic rings. The largest absolute Gasteiger partial charge is 0.335 e. The third-order valence-electron chi connectivity index (χ3n) is 4.73. The van der Waals surface area contributed by atoms with Crippen LogP contribution in [0.2, 0.25) is 0 Å². The van der Waals surface area contributed by atoms with Crippen LogP contribution in [-0.2, 0) is 11.3 Å². The highest BCUT2D eigenvalue weighted by atomic mass is 32.1. The van der Waals surface area contributed by atoms with E-state index in [0.29, 0.717) is 24.4 Å². The first-order valence-corrected chi connectivity index (χ1v) is 8.75. The van der Waals surface area contributed by atoms with E-state index in [4.69, 9.17) is 5.73 Å². The molecular formula is C16H24N2OS. The minimum Gasteiger partial charge on any atom is -0.335 e. The van der Waals surface area contributed by atoms with Gasteiger partial charge in [-0.05, 0) is 60.5 Å². The molecule has 2 saturated carbocycles. The van der Waals surface area contributed by atoms with Crippen molar-refractivity contribution in [3.8, 4) is 0 Å². The molecule has 0 spiro atoms. The predicted molar refractivity (Wildman–Crippen MR) is 82.4 cm³/mol. The van der Waals surface area contributed by atoms with Gasteiger partial charge in [0.05, 0.1) is 0 Å². The van der Waals surface area contributed by atoms with Crippen molar-refractivity contribution in [2.45, 2.75) is 51.1 Å². The van der Waals surface area contributed by atoms with Gasteiger partial charge in [0.25, 0.3) is 0 Å². The molecule has 2 N–H and O–H groups in total. The van der Waals surface area contributed by atoms with Crippen LogP contribution >= 0.6 is 11.3 Å². The number of amides is 1. The molecule has 110 valence electrons. The molecular weight excluding hydrogens is 268 g/mol. The van der Waals surface area contributed by atoms with Gasteiger partial charge in [0, 0.05) is 18.5 Å². The van der Waals surface area contributed by atoms with Crippen molar-refractivity contribution in [1.29, 1.82) is 0 Å². The van der Waals surface area contributed by atoms with Gasteiger partial charge in [0.15, 0.2) is 0 Å². The lowest BCUT2D eigenvalue weighted by Crippen LogP contribution is -2.43. The molecule has 0 radical (unpaired) electrons. The Morgan fingerprint density at radius 1 is 1.30 bits per heavy atom. The molecule has 0 saturated heterocycles. The van der Waals surface area contributed by atoms with Crippen molar-refractivity contribution in [3.05, 3.63) is 22.4 Å². The normalized spacial score (nSPS) is 26.4. The zero-order chi connectivity index (χ0) is 13.9. The van der Waals surface area contributed by atoms with Gasteiger partial charge < -0.3 is 10.6 Å². The van der Waals surface area contributed by atoms with Crippen molar-refractivity contribution in [2.75, 3.05) is 6.54 Å². The third-order valence-corrected chi connectivity index (χ3v) is 5.46. The maximum Gasteiger partial charge on any atom is 0.226 e. The Morgan fingerprint density at radius 3 is 2.75 bits per heavy atom. The topological polar surface area (TPSA) is 46.3 Å². The van der Waals surface area contributed by atoms with Gasteiger partial charge in [-0.15, -0.1) is 0 Å². The van der Waals surface area contributed by atoms with Gasteiger partial charge in [0.2, 0.25) is 5.91 Å². The van der Waals surface area contributed by atoms with Crippen LogP contribution in [0.3, 0.4) is 0 Å². The van der Waals surface area contributed by atoms with Gasteiger partial charge >= 0.3 is 0 Å². The van der Waals surface area contributed by atoms with E-state index in [9.17, 15) is 4.79 Å². The molecule has 4 heteroatoms. The average molecular weight is 292 g/mol. The molecule has 2 atom stereocenters. The fraction of sp³-hybridized carbons (Fsp3) is 0.688. The lowest BCUT2D eigenvalue weighted by Gasteiger charge is -2.34. The molecule has 3 rings (SSSR count). The monoisotopic (exact) mass is 292 g/mol. The summed E-state index contributed by atoms with van der Waals surface area (Å²) in [5.41, 5.74) is 7.16. The second kappa shape index (κ2) is 6.27. The Hall–Kier alpha value is -0.870. The zero-order valence-electron chi connectivity index (χ0n) is 12.0. The first-order valence-electron chi connectivity index (χ1n) is 7.81. The molecule has 1 heterocycles. The zero-order valence-corrected chi connectivity index (χ0v) is 12.8. The highest BCUT2D eigenvalue weighted by Gasteiger charge is 2.39. The molecule has 2 fully saturated rings. The quantitative estimate of drug-likeness (QED) is 0.907. The van der Waals surface area contributed by atoms with Crippen LogP contribution in [0.4, 0.5) is 0 Å². The summed E-state index contributed by atoms with van der Waals surface area (Å²) in [6.07, 6.45) is 6.94. The van der Waals surface area contributed by atoms with Crippen LogP contribution in [0.5, 0.6) is 0 Å². The molecule has 0 aliphatic heterocycles. The number of rotatable bonds is 5. The van der Waals surface area contributed by atoms with Crippen molar-refractivity contribution in [2.24, 2.45) is 17.6 Å². The van der Waals surface area contributed by atoms with Crippen LogP contribution < -0.4 is 5.73 Å². The first kappa shape index (κ1) is 14.1. The van der Waals surface area contributed by atoms with Gasteiger partial charge in [-0.3, -0.25) is 4.79 Å². The second-order valence-electron chi connectivity index (χ2n) is 6.22. The smallest absolute Gasteiger partial charge is 0.226 e. The average Bonchev–Trinajstić information content (AvgIpc) is 3.20. The van der Waals surface area contributed by atoms with E-state index in [1.54, 1.807) is 11.3 Å². The standard InChI is InChI=1S/C16H24N2OS/c17-9-13-3-1-2-4-15(13)16(19)18(14-5-6-14)10-12-7-8-20-11-12/h7-8,11,13-15H,1-6,9-10,17H2. The van der Waals surface area contributed by atoms with Crippen molar-refractivity contribution < 1.29 is 4.79 Å².